The van der Waals surface area contributed by atoms with Gasteiger partial charge in [0.05, 0.1) is 0 Å². The number of nitrogens with two attached hydrogens (primary N) is 1. The fraction of sp³-hybridized carbons (Fsp3) is 0.526. The van der Waals surface area contributed by atoms with Crippen molar-refractivity contribution in [2.45, 2.75) is 31.7 Å². The number of likely N-dealkylation sites (tertiary alicyclic amines) is 1. The highest BCUT2D eigenvalue weighted by Crippen LogP contribution is 2.22. The van der Waals surface area contributed by atoms with E-state index >= 15 is 0 Å². The normalized spacial score (nSPS) is 19.0. The number of hydrogen-bond acceptors (Lipinski definition) is 4. The molecule has 1 unspecified atom stereocenters. The van der Waals surface area contributed by atoms with E-state index in [0.29, 0.717) is 44.7 Å². The van der Waals surface area contributed by atoms with Gasteiger partial charge < -0.3 is 21.3 Å². The Morgan fingerprint density at radius 3 is 2.57 bits per heavy atom. The first kappa shape index (κ1) is 22.0. The van der Waals surface area contributed by atoms with Crippen molar-refractivity contribution in [1.82, 2.24) is 15.5 Å². The SMILES string of the molecule is Cl.NCCC(=O)NCC1CCCCN1C(=O)c1ccc(N2CCNC2=O)cc1. The quantitative estimate of drug-likeness (QED) is 0.653. The number of nitrogens with one attached hydrogen (secondary N) is 2. The summed E-state index contributed by atoms with van der Waals surface area (Å²) in [6.07, 6.45) is 3.18. The van der Waals surface area contributed by atoms with Crippen LogP contribution < -0.4 is 21.3 Å². The number of amides is 4. The largest absolute Gasteiger partial charge is 0.354 e. The highest BCUT2D eigenvalue weighted by Gasteiger charge is 2.28. The third-order valence-corrected chi connectivity index (χ3v) is 5.08. The van der Waals surface area contributed by atoms with Crippen LogP contribution in [0, 0.1) is 0 Å². The van der Waals surface area contributed by atoms with Crippen molar-refractivity contribution in [3.8, 4) is 0 Å². The summed E-state index contributed by atoms with van der Waals surface area (Å²) in [4.78, 5) is 39.9. The Hall–Kier alpha value is -2.32. The number of nitrogens with zero attached hydrogens (tertiary/aromatic N) is 2. The van der Waals surface area contributed by atoms with Gasteiger partial charge in [0.1, 0.15) is 0 Å². The minimum absolute atomic E-state index is 0. The van der Waals surface area contributed by atoms with Gasteiger partial charge in [-0.1, -0.05) is 0 Å². The molecule has 0 bridgehead atoms. The third-order valence-electron chi connectivity index (χ3n) is 5.08. The molecule has 0 aliphatic carbocycles. The summed E-state index contributed by atoms with van der Waals surface area (Å²) in [5, 5.41) is 5.64. The summed E-state index contributed by atoms with van der Waals surface area (Å²) in [6, 6.07) is 7.03. The number of carbonyl (C=O) groups is 3. The monoisotopic (exact) mass is 409 g/mol. The van der Waals surface area contributed by atoms with Gasteiger partial charge in [0.2, 0.25) is 5.91 Å². The van der Waals surface area contributed by atoms with Gasteiger partial charge in [-0.25, -0.2) is 4.79 Å². The fourth-order valence-electron chi connectivity index (χ4n) is 3.60. The number of benzene rings is 1. The molecule has 3 rings (SSSR count). The first-order chi connectivity index (χ1) is 13.1. The van der Waals surface area contributed by atoms with E-state index in [1.807, 2.05) is 4.90 Å². The molecule has 154 valence electrons. The van der Waals surface area contributed by atoms with Gasteiger partial charge >= 0.3 is 6.03 Å². The lowest BCUT2D eigenvalue weighted by molar-refractivity contribution is -0.121. The second-order valence-corrected chi connectivity index (χ2v) is 6.92. The van der Waals surface area contributed by atoms with Crippen LogP contribution in [0.5, 0.6) is 0 Å². The highest BCUT2D eigenvalue weighted by molar-refractivity contribution is 5.97. The van der Waals surface area contributed by atoms with E-state index in [4.69, 9.17) is 5.73 Å². The first-order valence-electron chi connectivity index (χ1n) is 9.53. The van der Waals surface area contributed by atoms with Crippen molar-refractivity contribution in [2.75, 3.05) is 37.6 Å². The molecule has 0 saturated carbocycles. The lowest BCUT2D eigenvalue weighted by Gasteiger charge is -2.36. The molecule has 0 spiro atoms. The Labute approximate surface area is 171 Å². The minimum Gasteiger partial charge on any atom is -0.354 e. The Bertz CT molecular complexity index is 697. The predicted molar refractivity (Wildman–Crippen MR) is 110 cm³/mol. The summed E-state index contributed by atoms with van der Waals surface area (Å²) < 4.78 is 0. The molecule has 2 aliphatic heterocycles. The van der Waals surface area contributed by atoms with Gasteiger partial charge in [0.25, 0.3) is 5.91 Å². The topological polar surface area (TPSA) is 108 Å². The average Bonchev–Trinajstić information content (AvgIpc) is 3.12. The van der Waals surface area contributed by atoms with Crippen molar-refractivity contribution in [3.05, 3.63) is 29.8 Å². The molecule has 1 aromatic rings. The summed E-state index contributed by atoms with van der Waals surface area (Å²) >= 11 is 0. The van der Waals surface area contributed by atoms with Crippen molar-refractivity contribution in [1.29, 1.82) is 0 Å². The molecule has 2 aliphatic rings. The molecule has 2 saturated heterocycles. The van der Waals surface area contributed by atoms with E-state index in [-0.39, 0.29) is 36.3 Å². The van der Waals surface area contributed by atoms with Crippen molar-refractivity contribution >= 4 is 35.9 Å². The van der Waals surface area contributed by atoms with E-state index in [1.165, 1.54) is 0 Å². The molecule has 28 heavy (non-hydrogen) atoms. The van der Waals surface area contributed by atoms with Crippen LogP contribution in [0.1, 0.15) is 36.0 Å². The van der Waals surface area contributed by atoms with E-state index in [0.717, 1.165) is 24.9 Å². The molecule has 4 amide bonds. The zero-order valence-electron chi connectivity index (χ0n) is 15.9. The Balaban J connectivity index is 0.00000280. The van der Waals surface area contributed by atoms with E-state index in [1.54, 1.807) is 29.2 Å². The maximum Gasteiger partial charge on any atom is 0.321 e. The number of rotatable bonds is 6. The number of hydrogen-bond donors (Lipinski definition) is 3. The zero-order chi connectivity index (χ0) is 19.2. The van der Waals surface area contributed by atoms with Crippen LogP contribution in [0.15, 0.2) is 24.3 Å². The van der Waals surface area contributed by atoms with Crippen LogP contribution in [0.3, 0.4) is 0 Å². The highest BCUT2D eigenvalue weighted by atomic mass is 35.5. The third kappa shape index (κ3) is 5.14. The molecule has 4 N–H and O–H groups in total. The van der Waals surface area contributed by atoms with Gasteiger partial charge in [-0.3, -0.25) is 14.5 Å². The molecular formula is C19H28ClN5O3. The smallest absolute Gasteiger partial charge is 0.321 e. The van der Waals surface area contributed by atoms with Crippen LogP contribution >= 0.6 is 12.4 Å². The first-order valence-corrected chi connectivity index (χ1v) is 9.53. The van der Waals surface area contributed by atoms with Crippen molar-refractivity contribution in [2.24, 2.45) is 5.73 Å². The summed E-state index contributed by atoms with van der Waals surface area (Å²) in [5.41, 5.74) is 6.78. The lowest BCUT2D eigenvalue weighted by Crippen LogP contribution is -2.49. The Kier molecular flexibility index (Phi) is 8.07. The molecular weight excluding hydrogens is 382 g/mol. The maximum atomic E-state index is 13.0. The van der Waals surface area contributed by atoms with Crippen molar-refractivity contribution in [3.63, 3.8) is 0 Å². The summed E-state index contributed by atoms with van der Waals surface area (Å²) in [5.74, 6) is -0.117. The molecule has 2 fully saturated rings. The molecule has 1 aromatic carbocycles. The van der Waals surface area contributed by atoms with Crippen LogP contribution in [0.4, 0.5) is 10.5 Å². The lowest BCUT2D eigenvalue weighted by atomic mass is 10.0. The number of anilines is 1. The standard InChI is InChI=1S/C19H27N5O3.ClH/c20-9-8-17(25)22-13-16-3-1-2-11-23(16)18(26)14-4-6-15(7-5-14)24-12-10-21-19(24)27;/h4-7,16H,1-3,8-13,20H2,(H,21,27)(H,22,25);1H. The Morgan fingerprint density at radius 1 is 1.18 bits per heavy atom. The fourth-order valence-corrected chi connectivity index (χ4v) is 3.60. The molecule has 2 heterocycles. The molecule has 0 radical (unpaired) electrons. The van der Waals surface area contributed by atoms with Gasteiger partial charge in [0.15, 0.2) is 0 Å². The molecule has 9 heteroatoms. The van der Waals surface area contributed by atoms with E-state index < -0.39 is 0 Å². The van der Waals surface area contributed by atoms with Gasteiger partial charge in [-0.05, 0) is 43.5 Å². The van der Waals surface area contributed by atoms with Crippen LogP contribution in [0.2, 0.25) is 0 Å². The van der Waals surface area contributed by atoms with Gasteiger partial charge in [-0.15, -0.1) is 12.4 Å². The summed E-state index contributed by atoms with van der Waals surface area (Å²) in [7, 11) is 0. The van der Waals surface area contributed by atoms with Gasteiger partial charge in [0, 0.05) is 56.4 Å². The number of piperidine rings is 1. The Morgan fingerprint density at radius 2 is 1.93 bits per heavy atom. The molecule has 0 aromatic heterocycles. The van der Waals surface area contributed by atoms with Crippen LogP contribution in [-0.2, 0) is 4.79 Å². The van der Waals surface area contributed by atoms with Crippen LogP contribution in [-0.4, -0.2) is 61.5 Å². The number of halogens is 1. The average molecular weight is 410 g/mol. The number of carbonyl (C=O) groups excluding carboxylic acids is 3. The predicted octanol–water partition coefficient (Wildman–Crippen LogP) is 1.10. The summed E-state index contributed by atoms with van der Waals surface area (Å²) in [6.45, 7) is 2.72. The second-order valence-electron chi connectivity index (χ2n) is 6.92. The van der Waals surface area contributed by atoms with E-state index in [9.17, 15) is 14.4 Å². The van der Waals surface area contributed by atoms with E-state index in [2.05, 4.69) is 10.6 Å². The maximum absolute atomic E-state index is 13.0. The second kappa shape index (κ2) is 10.3. The minimum atomic E-state index is -0.113. The van der Waals surface area contributed by atoms with Gasteiger partial charge in [-0.2, -0.15) is 0 Å². The molecule has 1 atom stereocenters. The van der Waals surface area contributed by atoms with Crippen LogP contribution in [0.25, 0.3) is 0 Å². The zero-order valence-corrected chi connectivity index (χ0v) is 16.7. The molecule has 8 nitrogen and oxygen atoms in total. The number of urea groups is 1. The van der Waals surface area contributed by atoms with Crippen molar-refractivity contribution < 1.29 is 14.4 Å².